The largest absolute Gasteiger partial charge is 0.383 e. The minimum atomic E-state index is -3.62. The molecule has 2 aromatic rings. The molecule has 0 saturated heterocycles. The Balaban J connectivity index is 2.38. The second kappa shape index (κ2) is 6.48. The van der Waals surface area contributed by atoms with Gasteiger partial charge in [0.2, 0.25) is 10.0 Å². The van der Waals surface area contributed by atoms with Crippen molar-refractivity contribution in [2.45, 2.75) is 10.9 Å². The molecule has 2 N–H and O–H groups in total. The number of pyridine rings is 1. The van der Waals surface area contributed by atoms with E-state index in [2.05, 4.69) is 4.98 Å². The average Bonchev–Trinajstić information content (AvgIpc) is 2.46. The Kier molecular flexibility index (Phi) is 4.89. The van der Waals surface area contributed by atoms with Crippen LogP contribution >= 0.6 is 0 Å². The third kappa shape index (κ3) is 3.38. The van der Waals surface area contributed by atoms with Gasteiger partial charge in [0.15, 0.2) is 0 Å². The molecule has 6 nitrogen and oxygen atoms in total. The average molecular weight is 309 g/mol. The van der Waals surface area contributed by atoms with E-state index in [9.17, 15) is 8.42 Å². The zero-order chi connectivity index (χ0) is 15.5. The van der Waals surface area contributed by atoms with Gasteiger partial charge < -0.3 is 10.5 Å². The molecule has 21 heavy (non-hydrogen) atoms. The summed E-state index contributed by atoms with van der Waals surface area (Å²) in [5.74, 6) is 0. The van der Waals surface area contributed by atoms with E-state index in [4.69, 9.17) is 10.5 Å². The Morgan fingerprint density at radius 3 is 2.81 bits per heavy atom. The van der Waals surface area contributed by atoms with Crippen molar-refractivity contribution in [1.29, 1.82) is 0 Å². The molecule has 0 aliphatic rings. The standard InChI is InChI=1S/C14H19N3O3S/c1-17(9-11(15)10-20-2)21(18,19)14-7-3-6-13-12(14)5-4-8-16-13/h3-8,11H,9-10,15H2,1-2H3. The van der Waals surface area contributed by atoms with E-state index in [-0.39, 0.29) is 17.5 Å². The van der Waals surface area contributed by atoms with Crippen molar-refractivity contribution < 1.29 is 13.2 Å². The van der Waals surface area contributed by atoms with E-state index in [1.54, 1.807) is 36.5 Å². The zero-order valence-electron chi connectivity index (χ0n) is 12.1. The van der Waals surface area contributed by atoms with Crippen molar-refractivity contribution >= 4 is 20.9 Å². The Bertz CT molecular complexity index is 713. The van der Waals surface area contributed by atoms with Crippen LogP contribution in [-0.4, -0.2) is 51.1 Å². The van der Waals surface area contributed by atoms with Gasteiger partial charge >= 0.3 is 0 Å². The van der Waals surface area contributed by atoms with Gasteiger partial charge in [0.1, 0.15) is 0 Å². The number of hydrogen-bond donors (Lipinski definition) is 1. The van der Waals surface area contributed by atoms with Gasteiger partial charge in [-0.2, -0.15) is 4.31 Å². The summed E-state index contributed by atoms with van der Waals surface area (Å²) in [7, 11) is -0.575. The SMILES string of the molecule is COCC(N)CN(C)S(=O)(=O)c1cccc2ncccc12. The van der Waals surface area contributed by atoms with Crippen LogP contribution in [0.1, 0.15) is 0 Å². The number of sulfonamides is 1. The molecule has 1 atom stereocenters. The summed E-state index contributed by atoms with van der Waals surface area (Å²) < 4.78 is 31.6. The van der Waals surface area contributed by atoms with Crippen molar-refractivity contribution in [3.8, 4) is 0 Å². The monoisotopic (exact) mass is 309 g/mol. The molecule has 0 bridgehead atoms. The quantitative estimate of drug-likeness (QED) is 0.854. The minimum Gasteiger partial charge on any atom is -0.383 e. The number of benzene rings is 1. The highest BCUT2D eigenvalue weighted by atomic mass is 32.2. The first-order valence-electron chi connectivity index (χ1n) is 6.51. The van der Waals surface area contributed by atoms with E-state index >= 15 is 0 Å². The summed E-state index contributed by atoms with van der Waals surface area (Å²) in [5.41, 5.74) is 6.48. The fourth-order valence-electron chi connectivity index (χ4n) is 2.16. The lowest BCUT2D eigenvalue weighted by Gasteiger charge is -2.21. The van der Waals surface area contributed by atoms with Crippen LogP contribution < -0.4 is 5.73 Å². The maximum atomic E-state index is 12.7. The number of fused-ring (bicyclic) bond motifs is 1. The van der Waals surface area contributed by atoms with E-state index in [0.29, 0.717) is 17.5 Å². The predicted molar refractivity (Wildman–Crippen MR) is 81.4 cm³/mol. The van der Waals surface area contributed by atoms with Crippen LogP contribution in [0.2, 0.25) is 0 Å². The van der Waals surface area contributed by atoms with Gasteiger partial charge in [0.25, 0.3) is 0 Å². The molecule has 1 unspecified atom stereocenters. The fraction of sp³-hybridized carbons (Fsp3) is 0.357. The first-order chi connectivity index (χ1) is 9.96. The Labute approximate surface area is 124 Å². The Morgan fingerprint density at radius 2 is 2.10 bits per heavy atom. The van der Waals surface area contributed by atoms with Gasteiger partial charge in [-0.25, -0.2) is 8.42 Å². The smallest absolute Gasteiger partial charge is 0.243 e. The number of ether oxygens (including phenoxy) is 1. The summed E-state index contributed by atoms with van der Waals surface area (Å²) in [6, 6.07) is 8.15. The van der Waals surface area contributed by atoms with Crippen LogP contribution in [0.15, 0.2) is 41.4 Å². The molecule has 0 spiro atoms. The minimum absolute atomic E-state index is 0.187. The van der Waals surface area contributed by atoms with Crippen LogP contribution in [0.5, 0.6) is 0 Å². The first kappa shape index (κ1) is 15.8. The van der Waals surface area contributed by atoms with Crippen LogP contribution in [0.25, 0.3) is 10.9 Å². The predicted octanol–water partition coefficient (Wildman–Crippen LogP) is 0.829. The van der Waals surface area contributed by atoms with Gasteiger partial charge in [0, 0.05) is 38.3 Å². The maximum Gasteiger partial charge on any atom is 0.243 e. The molecule has 1 heterocycles. The lowest BCUT2D eigenvalue weighted by Crippen LogP contribution is -2.41. The zero-order valence-corrected chi connectivity index (χ0v) is 12.9. The van der Waals surface area contributed by atoms with Gasteiger partial charge in [0.05, 0.1) is 17.0 Å². The van der Waals surface area contributed by atoms with Crippen LogP contribution in [0.3, 0.4) is 0 Å². The molecule has 1 aromatic heterocycles. The van der Waals surface area contributed by atoms with Crippen molar-refractivity contribution in [2.75, 3.05) is 27.3 Å². The molecule has 0 aliphatic carbocycles. The van der Waals surface area contributed by atoms with Gasteiger partial charge in [-0.3, -0.25) is 4.98 Å². The number of rotatable bonds is 6. The number of likely N-dealkylation sites (N-methyl/N-ethyl adjacent to an activating group) is 1. The molecule has 1 aromatic carbocycles. The lowest BCUT2D eigenvalue weighted by atomic mass is 10.2. The second-order valence-electron chi connectivity index (χ2n) is 4.83. The maximum absolute atomic E-state index is 12.7. The van der Waals surface area contributed by atoms with Crippen molar-refractivity contribution in [2.24, 2.45) is 5.73 Å². The molecular formula is C14H19N3O3S. The highest BCUT2D eigenvalue weighted by Crippen LogP contribution is 2.23. The number of aromatic nitrogens is 1. The molecule has 0 amide bonds. The third-order valence-electron chi connectivity index (χ3n) is 3.17. The second-order valence-corrected chi connectivity index (χ2v) is 6.84. The van der Waals surface area contributed by atoms with Gasteiger partial charge in [-0.1, -0.05) is 6.07 Å². The highest BCUT2D eigenvalue weighted by molar-refractivity contribution is 7.89. The van der Waals surface area contributed by atoms with E-state index in [1.165, 1.54) is 18.5 Å². The number of hydrogen-bond acceptors (Lipinski definition) is 5. The third-order valence-corrected chi connectivity index (χ3v) is 5.05. The number of methoxy groups -OCH3 is 1. The van der Waals surface area contributed by atoms with E-state index in [1.807, 2.05) is 0 Å². The van der Waals surface area contributed by atoms with Crippen LogP contribution in [0, 0.1) is 0 Å². The summed E-state index contributed by atoms with van der Waals surface area (Å²) in [5, 5.41) is 0.604. The molecule has 0 fully saturated rings. The Hall–Kier alpha value is -1.54. The molecular weight excluding hydrogens is 290 g/mol. The van der Waals surface area contributed by atoms with Gasteiger partial charge in [-0.05, 0) is 24.3 Å². The fourth-order valence-corrected chi connectivity index (χ4v) is 3.59. The molecule has 2 rings (SSSR count). The first-order valence-corrected chi connectivity index (χ1v) is 7.95. The number of nitrogens with zero attached hydrogens (tertiary/aromatic N) is 2. The highest BCUT2D eigenvalue weighted by Gasteiger charge is 2.24. The molecule has 114 valence electrons. The van der Waals surface area contributed by atoms with Crippen molar-refractivity contribution in [3.05, 3.63) is 36.5 Å². The van der Waals surface area contributed by atoms with Crippen molar-refractivity contribution in [3.63, 3.8) is 0 Å². The van der Waals surface area contributed by atoms with Crippen LogP contribution in [0.4, 0.5) is 0 Å². The van der Waals surface area contributed by atoms with Crippen LogP contribution in [-0.2, 0) is 14.8 Å². The van der Waals surface area contributed by atoms with E-state index < -0.39 is 10.0 Å². The molecule has 0 radical (unpaired) electrons. The lowest BCUT2D eigenvalue weighted by molar-refractivity contribution is 0.173. The summed E-state index contributed by atoms with van der Waals surface area (Å²) in [6.07, 6.45) is 1.64. The normalized spacial score (nSPS) is 13.7. The molecule has 0 aliphatic heterocycles. The molecule has 7 heteroatoms. The van der Waals surface area contributed by atoms with E-state index in [0.717, 1.165) is 0 Å². The van der Waals surface area contributed by atoms with Gasteiger partial charge in [-0.15, -0.1) is 0 Å². The Morgan fingerprint density at radius 1 is 1.33 bits per heavy atom. The topological polar surface area (TPSA) is 85.5 Å². The number of nitrogens with two attached hydrogens (primary N) is 1. The summed E-state index contributed by atoms with van der Waals surface area (Å²) >= 11 is 0. The van der Waals surface area contributed by atoms with Crippen molar-refractivity contribution in [1.82, 2.24) is 9.29 Å². The summed E-state index contributed by atoms with van der Waals surface area (Å²) in [4.78, 5) is 4.41. The molecule has 0 saturated carbocycles. The summed E-state index contributed by atoms with van der Waals surface area (Å²) in [6.45, 7) is 0.490.